The van der Waals surface area contributed by atoms with Crippen molar-refractivity contribution in [2.24, 2.45) is 5.92 Å². The zero-order chi connectivity index (χ0) is 18.5. The van der Waals surface area contributed by atoms with E-state index >= 15 is 0 Å². The number of methoxy groups -OCH3 is 1. The number of aliphatic carboxylic acids is 1. The third-order valence-electron chi connectivity index (χ3n) is 5.73. The summed E-state index contributed by atoms with van der Waals surface area (Å²) < 4.78 is 5.20. The Bertz CT molecular complexity index is 648. The van der Waals surface area contributed by atoms with Crippen LogP contribution in [0.15, 0.2) is 24.3 Å². The van der Waals surface area contributed by atoms with E-state index in [-0.39, 0.29) is 18.5 Å². The highest BCUT2D eigenvalue weighted by Crippen LogP contribution is 2.39. The maximum Gasteiger partial charge on any atom is 0.320 e. The van der Waals surface area contributed by atoms with E-state index in [9.17, 15) is 14.7 Å². The van der Waals surface area contributed by atoms with Crippen LogP contribution < -0.4 is 5.32 Å². The third-order valence-corrected chi connectivity index (χ3v) is 5.73. The molecule has 1 heterocycles. The molecule has 6 nitrogen and oxygen atoms in total. The molecule has 2 fully saturated rings. The molecule has 3 atom stereocenters. The summed E-state index contributed by atoms with van der Waals surface area (Å²) in [4.78, 5) is 26.1. The van der Waals surface area contributed by atoms with E-state index in [1.807, 2.05) is 29.2 Å². The average Bonchev–Trinajstić information content (AvgIpc) is 3.00. The zero-order valence-electron chi connectivity index (χ0n) is 15.3. The normalized spacial score (nSPS) is 25.7. The van der Waals surface area contributed by atoms with Gasteiger partial charge in [-0.3, -0.25) is 14.5 Å². The van der Waals surface area contributed by atoms with Gasteiger partial charge in [0, 0.05) is 19.7 Å². The molecule has 6 heteroatoms. The summed E-state index contributed by atoms with van der Waals surface area (Å²) in [6.07, 6.45) is 5.04. The molecule has 1 aliphatic carbocycles. The van der Waals surface area contributed by atoms with Crippen LogP contribution in [0.4, 0.5) is 0 Å². The summed E-state index contributed by atoms with van der Waals surface area (Å²) in [6.45, 7) is 1.09. The average molecular weight is 360 g/mol. The molecule has 0 radical (unpaired) electrons. The second-order valence-electron chi connectivity index (χ2n) is 7.35. The van der Waals surface area contributed by atoms with Crippen LogP contribution in [0.5, 0.6) is 0 Å². The van der Waals surface area contributed by atoms with Crippen molar-refractivity contribution >= 4 is 11.9 Å². The van der Waals surface area contributed by atoms with Crippen LogP contribution in [-0.4, -0.2) is 47.6 Å². The Balaban J connectivity index is 1.60. The summed E-state index contributed by atoms with van der Waals surface area (Å²) in [7, 11) is 1.65. The molecular weight excluding hydrogens is 332 g/mol. The van der Waals surface area contributed by atoms with Gasteiger partial charge < -0.3 is 15.2 Å². The molecule has 1 aromatic rings. The predicted molar refractivity (Wildman–Crippen MR) is 97.5 cm³/mol. The number of ether oxygens (including phenoxy) is 1. The molecule has 0 aromatic heterocycles. The van der Waals surface area contributed by atoms with E-state index in [4.69, 9.17) is 4.74 Å². The van der Waals surface area contributed by atoms with Crippen LogP contribution in [0.25, 0.3) is 0 Å². The Morgan fingerprint density at radius 2 is 1.96 bits per heavy atom. The van der Waals surface area contributed by atoms with Crippen molar-refractivity contribution < 1.29 is 19.4 Å². The second kappa shape index (κ2) is 8.64. The largest absolute Gasteiger partial charge is 0.480 e. The molecule has 26 heavy (non-hydrogen) atoms. The van der Waals surface area contributed by atoms with E-state index in [0.717, 1.165) is 30.4 Å². The topological polar surface area (TPSA) is 78.9 Å². The molecule has 1 amide bonds. The first-order chi connectivity index (χ1) is 12.6. The molecule has 3 unspecified atom stereocenters. The predicted octanol–water partition coefficient (Wildman–Crippen LogP) is 2.17. The Morgan fingerprint density at radius 1 is 1.23 bits per heavy atom. The number of carboxylic acids is 1. The number of carbonyl (C=O) groups is 2. The monoisotopic (exact) mass is 360 g/mol. The molecule has 142 valence electrons. The smallest absolute Gasteiger partial charge is 0.320 e. The van der Waals surface area contributed by atoms with Gasteiger partial charge in [0.25, 0.3) is 0 Å². The van der Waals surface area contributed by atoms with Crippen LogP contribution in [0, 0.1) is 5.92 Å². The number of carbonyl (C=O) groups excluding carboxylic acids is 1. The van der Waals surface area contributed by atoms with Crippen LogP contribution in [0.2, 0.25) is 0 Å². The van der Waals surface area contributed by atoms with E-state index < -0.39 is 12.0 Å². The molecule has 1 saturated heterocycles. The number of hydrogen-bond acceptors (Lipinski definition) is 4. The maximum absolute atomic E-state index is 12.5. The number of rotatable bonds is 7. The van der Waals surface area contributed by atoms with Crippen molar-refractivity contribution in [2.45, 2.75) is 57.3 Å². The Hall–Kier alpha value is -1.92. The standard InChI is InChI=1S/C20H28N2O4/c1-26-13-16-8-3-2-7-15(16)11-21-19(23)12-22-17-9-5-4-6-14(17)10-18(22)20(24)25/h2-3,7-8,14,17-18H,4-6,9-13H2,1H3,(H,21,23)(H,24,25). The first-order valence-electron chi connectivity index (χ1n) is 9.41. The summed E-state index contributed by atoms with van der Waals surface area (Å²) in [5.41, 5.74) is 2.07. The summed E-state index contributed by atoms with van der Waals surface area (Å²) in [5.74, 6) is -0.507. The zero-order valence-corrected chi connectivity index (χ0v) is 15.3. The van der Waals surface area contributed by atoms with Gasteiger partial charge in [0.2, 0.25) is 5.91 Å². The van der Waals surface area contributed by atoms with Gasteiger partial charge in [-0.15, -0.1) is 0 Å². The van der Waals surface area contributed by atoms with Crippen LogP contribution in [0.1, 0.15) is 43.2 Å². The van der Waals surface area contributed by atoms with Gasteiger partial charge in [0.05, 0.1) is 13.2 Å². The maximum atomic E-state index is 12.5. The molecular formula is C20H28N2O4. The van der Waals surface area contributed by atoms with Crippen molar-refractivity contribution in [1.82, 2.24) is 10.2 Å². The molecule has 1 saturated carbocycles. The molecule has 0 bridgehead atoms. The lowest BCUT2D eigenvalue weighted by atomic mass is 9.85. The van der Waals surface area contributed by atoms with Gasteiger partial charge >= 0.3 is 5.97 Å². The third kappa shape index (κ3) is 4.24. The second-order valence-corrected chi connectivity index (χ2v) is 7.35. The van der Waals surface area contributed by atoms with Crippen molar-refractivity contribution in [3.63, 3.8) is 0 Å². The van der Waals surface area contributed by atoms with Crippen molar-refractivity contribution in [2.75, 3.05) is 13.7 Å². The quantitative estimate of drug-likeness (QED) is 0.779. The summed E-state index contributed by atoms with van der Waals surface area (Å²) >= 11 is 0. The van der Waals surface area contributed by atoms with Gasteiger partial charge in [-0.25, -0.2) is 0 Å². The highest BCUT2D eigenvalue weighted by atomic mass is 16.5. The highest BCUT2D eigenvalue weighted by Gasteiger charge is 2.45. The number of carboxylic acid groups (broad SMARTS) is 1. The fourth-order valence-electron chi connectivity index (χ4n) is 4.46. The minimum absolute atomic E-state index is 0.116. The summed E-state index contributed by atoms with van der Waals surface area (Å²) in [5, 5.41) is 12.5. The molecule has 2 N–H and O–H groups in total. The Morgan fingerprint density at radius 3 is 2.69 bits per heavy atom. The van der Waals surface area contributed by atoms with Crippen molar-refractivity contribution in [3.05, 3.63) is 35.4 Å². The molecule has 0 spiro atoms. The minimum Gasteiger partial charge on any atom is -0.480 e. The van der Waals surface area contributed by atoms with Gasteiger partial charge in [0.15, 0.2) is 0 Å². The minimum atomic E-state index is -0.808. The van der Waals surface area contributed by atoms with Crippen LogP contribution in [0.3, 0.4) is 0 Å². The fourth-order valence-corrected chi connectivity index (χ4v) is 4.46. The van der Waals surface area contributed by atoms with Crippen LogP contribution in [-0.2, 0) is 27.5 Å². The number of hydrogen-bond donors (Lipinski definition) is 2. The first-order valence-corrected chi connectivity index (χ1v) is 9.41. The van der Waals surface area contributed by atoms with Gasteiger partial charge in [0.1, 0.15) is 6.04 Å². The Labute approximate surface area is 154 Å². The number of benzene rings is 1. The lowest BCUT2D eigenvalue weighted by Gasteiger charge is -2.32. The SMILES string of the molecule is COCc1ccccc1CNC(=O)CN1C(C(=O)O)CC2CCCCC21. The molecule has 2 aliphatic rings. The fraction of sp³-hybridized carbons (Fsp3) is 0.600. The highest BCUT2D eigenvalue weighted by molar-refractivity contribution is 5.80. The Kier molecular flexibility index (Phi) is 6.27. The van der Waals surface area contributed by atoms with Crippen LogP contribution >= 0.6 is 0 Å². The van der Waals surface area contributed by atoms with Crippen molar-refractivity contribution in [3.8, 4) is 0 Å². The van der Waals surface area contributed by atoms with E-state index in [1.165, 1.54) is 6.42 Å². The van der Waals surface area contributed by atoms with Gasteiger partial charge in [-0.1, -0.05) is 37.1 Å². The summed E-state index contributed by atoms with van der Waals surface area (Å²) in [6, 6.07) is 7.55. The van der Waals surface area contributed by atoms with Gasteiger partial charge in [-0.05, 0) is 36.3 Å². The lowest BCUT2D eigenvalue weighted by Crippen LogP contribution is -2.47. The number of likely N-dealkylation sites (tertiary alicyclic amines) is 1. The number of fused-ring (bicyclic) bond motifs is 1. The number of amides is 1. The first kappa shape index (κ1) is 18.9. The number of nitrogens with zero attached hydrogens (tertiary/aromatic N) is 1. The van der Waals surface area contributed by atoms with Gasteiger partial charge in [-0.2, -0.15) is 0 Å². The molecule has 1 aliphatic heterocycles. The lowest BCUT2D eigenvalue weighted by molar-refractivity contribution is -0.143. The van der Waals surface area contributed by atoms with E-state index in [0.29, 0.717) is 25.5 Å². The molecule has 3 rings (SSSR count). The number of nitrogens with one attached hydrogen (secondary N) is 1. The van der Waals surface area contributed by atoms with E-state index in [2.05, 4.69) is 5.32 Å². The molecule has 1 aromatic carbocycles. The van der Waals surface area contributed by atoms with Crippen molar-refractivity contribution in [1.29, 1.82) is 0 Å². The van der Waals surface area contributed by atoms with E-state index in [1.54, 1.807) is 7.11 Å².